The molecule has 1 nitrogen and oxygen atoms in total. The van der Waals surface area contributed by atoms with Gasteiger partial charge in [-0.15, -0.1) is 0 Å². The summed E-state index contributed by atoms with van der Waals surface area (Å²) in [4.78, 5) is 0. The summed E-state index contributed by atoms with van der Waals surface area (Å²) < 4.78 is 0. The molecule has 106 valence electrons. The average Bonchev–Trinajstić information content (AvgIpc) is 2.38. The third-order valence-corrected chi connectivity index (χ3v) is 4.79. The number of aryl methyl sites for hydroxylation is 1. The SMILES string of the molecule is Cc1ccc(CNC2CCCCC2C(C)C)c(Cl)c1. The highest BCUT2D eigenvalue weighted by molar-refractivity contribution is 6.31. The van der Waals surface area contributed by atoms with Crippen molar-refractivity contribution < 1.29 is 0 Å². The van der Waals surface area contributed by atoms with Crippen LogP contribution in [0, 0.1) is 18.8 Å². The van der Waals surface area contributed by atoms with Crippen LogP contribution in [0.3, 0.4) is 0 Å². The van der Waals surface area contributed by atoms with Crippen LogP contribution < -0.4 is 5.32 Å². The minimum absolute atomic E-state index is 0.658. The molecule has 1 aliphatic rings. The average molecular weight is 280 g/mol. The first kappa shape index (κ1) is 14.9. The molecule has 2 rings (SSSR count). The number of hydrogen-bond acceptors (Lipinski definition) is 1. The highest BCUT2D eigenvalue weighted by Crippen LogP contribution is 2.30. The fourth-order valence-corrected chi connectivity index (χ4v) is 3.55. The van der Waals surface area contributed by atoms with Gasteiger partial charge in [0.1, 0.15) is 0 Å². The molecule has 19 heavy (non-hydrogen) atoms. The van der Waals surface area contributed by atoms with Crippen LogP contribution in [0.4, 0.5) is 0 Å². The molecule has 1 aromatic rings. The molecule has 1 aromatic carbocycles. The number of halogens is 1. The van der Waals surface area contributed by atoms with Crippen molar-refractivity contribution in [1.82, 2.24) is 5.32 Å². The lowest BCUT2D eigenvalue weighted by Gasteiger charge is -2.35. The quantitative estimate of drug-likeness (QED) is 0.822. The zero-order valence-corrected chi connectivity index (χ0v) is 13.1. The van der Waals surface area contributed by atoms with Gasteiger partial charge < -0.3 is 5.32 Å². The second kappa shape index (κ2) is 6.76. The van der Waals surface area contributed by atoms with E-state index in [0.717, 1.165) is 23.4 Å². The highest BCUT2D eigenvalue weighted by atomic mass is 35.5. The summed E-state index contributed by atoms with van der Waals surface area (Å²) >= 11 is 6.31. The van der Waals surface area contributed by atoms with E-state index in [1.807, 2.05) is 0 Å². The van der Waals surface area contributed by atoms with E-state index in [1.165, 1.54) is 36.8 Å². The van der Waals surface area contributed by atoms with Crippen molar-refractivity contribution in [2.75, 3.05) is 0 Å². The Morgan fingerprint density at radius 1 is 1.26 bits per heavy atom. The molecule has 1 N–H and O–H groups in total. The Bertz CT molecular complexity index is 414. The van der Waals surface area contributed by atoms with Crippen LogP contribution >= 0.6 is 11.6 Å². The predicted octanol–water partition coefficient (Wildman–Crippen LogP) is 4.95. The molecule has 2 heteroatoms. The zero-order chi connectivity index (χ0) is 13.8. The normalized spacial score (nSPS) is 23.8. The Morgan fingerprint density at radius 3 is 2.68 bits per heavy atom. The fourth-order valence-electron chi connectivity index (χ4n) is 3.25. The van der Waals surface area contributed by atoms with E-state index < -0.39 is 0 Å². The third-order valence-electron chi connectivity index (χ3n) is 4.44. The minimum atomic E-state index is 0.658. The van der Waals surface area contributed by atoms with Crippen molar-refractivity contribution >= 4 is 11.6 Å². The van der Waals surface area contributed by atoms with Gasteiger partial charge in [-0.2, -0.15) is 0 Å². The summed E-state index contributed by atoms with van der Waals surface area (Å²) in [5.74, 6) is 1.59. The fraction of sp³-hybridized carbons (Fsp3) is 0.647. The molecule has 2 unspecified atom stereocenters. The van der Waals surface area contributed by atoms with Gasteiger partial charge in [-0.1, -0.05) is 50.4 Å². The summed E-state index contributed by atoms with van der Waals surface area (Å²) in [5.41, 5.74) is 2.45. The molecular weight excluding hydrogens is 254 g/mol. The molecule has 1 saturated carbocycles. The van der Waals surface area contributed by atoms with Gasteiger partial charge in [0.25, 0.3) is 0 Å². The molecule has 0 radical (unpaired) electrons. The lowest BCUT2D eigenvalue weighted by atomic mass is 9.78. The third kappa shape index (κ3) is 3.97. The molecule has 1 aliphatic carbocycles. The van der Waals surface area contributed by atoms with Gasteiger partial charge in [0.2, 0.25) is 0 Å². The second-order valence-electron chi connectivity index (χ2n) is 6.27. The summed E-state index contributed by atoms with van der Waals surface area (Å²) in [5, 5.41) is 4.64. The number of hydrogen-bond donors (Lipinski definition) is 1. The van der Waals surface area contributed by atoms with Crippen molar-refractivity contribution in [3.8, 4) is 0 Å². The summed E-state index contributed by atoms with van der Waals surface area (Å²) in [7, 11) is 0. The van der Waals surface area contributed by atoms with Gasteiger partial charge in [-0.25, -0.2) is 0 Å². The second-order valence-corrected chi connectivity index (χ2v) is 6.68. The molecule has 0 spiro atoms. The Hall–Kier alpha value is -0.530. The molecular formula is C17H26ClN. The molecule has 1 fully saturated rings. The maximum absolute atomic E-state index is 6.31. The molecule has 0 saturated heterocycles. The Kier molecular flexibility index (Phi) is 5.29. The van der Waals surface area contributed by atoms with Crippen LogP contribution in [-0.4, -0.2) is 6.04 Å². The summed E-state index contributed by atoms with van der Waals surface area (Å²) in [6.45, 7) is 7.68. The van der Waals surface area contributed by atoms with E-state index in [9.17, 15) is 0 Å². The summed E-state index contributed by atoms with van der Waals surface area (Å²) in [6.07, 6.45) is 5.44. The van der Waals surface area contributed by atoms with Gasteiger partial charge in [0.05, 0.1) is 0 Å². The van der Waals surface area contributed by atoms with E-state index in [1.54, 1.807) is 0 Å². The largest absolute Gasteiger partial charge is 0.310 e. The molecule has 0 heterocycles. The Balaban J connectivity index is 1.96. The van der Waals surface area contributed by atoms with Crippen molar-refractivity contribution in [3.63, 3.8) is 0 Å². The zero-order valence-electron chi connectivity index (χ0n) is 12.4. The predicted molar refractivity (Wildman–Crippen MR) is 83.6 cm³/mol. The molecule has 0 aromatic heterocycles. The van der Waals surface area contributed by atoms with E-state index in [2.05, 4.69) is 44.3 Å². The van der Waals surface area contributed by atoms with E-state index >= 15 is 0 Å². The Labute approximate surface area is 122 Å². The number of rotatable bonds is 4. The first-order valence-corrected chi connectivity index (χ1v) is 7.94. The first-order valence-electron chi connectivity index (χ1n) is 7.56. The van der Waals surface area contributed by atoms with E-state index in [-0.39, 0.29) is 0 Å². The Morgan fingerprint density at radius 2 is 2.00 bits per heavy atom. The van der Waals surface area contributed by atoms with Crippen LogP contribution in [0.5, 0.6) is 0 Å². The maximum atomic E-state index is 6.31. The van der Waals surface area contributed by atoms with Crippen LogP contribution in [-0.2, 0) is 6.54 Å². The molecule has 0 bridgehead atoms. The minimum Gasteiger partial charge on any atom is -0.310 e. The van der Waals surface area contributed by atoms with Crippen molar-refractivity contribution in [2.45, 2.75) is 59.0 Å². The smallest absolute Gasteiger partial charge is 0.0453 e. The van der Waals surface area contributed by atoms with Crippen molar-refractivity contribution in [2.24, 2.45) is 11.8 Å². The monoisotopic (exact) mass is 279 g/mol. The standard InChI is InChI=1S/C17H26ClN/c1-12(2)15-6-4-5-7-17(15)19-11-14-9-8-13(3)10-16(14)18/h8-10,12,15,17,19H,4-7,11H2,1-3H3. The molecule has 0 amide bonds. The lowest BCUT2D eigenvalue weighted by molar-refractivity contribution is 0.204. The van der Waals surface area contributed by atoms with E-state index in [4.69, 9.17) is 11.6 Å². The van der Waals surface area contributed by atoms with Crippen LogP contribution in [0.1, 0.15) is 50.7 Å². The van der Waals surface area contributed by atoms with Crippen LogP contribution in [0.25, 0.3) is 0 Å². The first-order chi connectivity index (χ1) is 9.08. The van der Waals surface area contributed by atoms with E-state index in [0.29, 0.717) is 6.04 Å². The lowest BCUT2D eigenvalue weighted by Crippen LogP contribution is -2.40. The maximum Gasteiger partial charge on any atom is 0.0453 e. The number of benzene rings is 1. The van der Waals surface area contributed by atoms with Gasteiger partial charge in [-0.3, -0.25) is 0 Å². The van der Waals surface area contributed by atoms with Crippen LogP contribution in [0.2, 0.25) is 5.02 Å². The van der Waals surface area contributed by atoms with Gasteiger partial charge >= 0.3 is 0 Å². The van der Waals surface area contributed by atoms with Gasteiger partial charge in [-0.05, 0) is 48.8 Å². The van der Waals surface area contributed by atoms with Crippen molar-refractivity contribution in [3.05, 3.63) is 34.3 Å². The molecule has 2 atom stereocenters. The summed E-state index contributed by atoms with van der Waals surface area (Å²) in [6, 6.07) is 7.01. The number of nitrogens with one attached hydrogen (secondary N) is 1. The van der Waals surface area contributed by atoms with Crippen LogP contribution in [0.15, 0.2) is 18.2 Å². The van der Waals surface area contributed by atoms with Crippen molar-refractivity contribution in [1.29, 1.82) is 0 Å². The topological polar surface area (TPSA) is 12.0 Å². The highest BCUT2D eigenvalue weighted by Gasteiger charge is 2.26. The van der Waals surface area contributed by atoms with Gasteiger partial charge in [0, 0.05) is 17.6 Å². The van der Waals surface area contributed by atoms with Gasteiger partial charge in [0.15, 0.2) is 0 Å². The molecule has 0 aliphatic heterocycles.